The molecule has 1 saturated heterocycles. The Labute approximate surface area is 188 Å². The van der Waals surface area contributed by atoms with Gasteiger partial charge in [-0.2, -0.15) is 5.26 Å². The van der Waals surface area contributed by atoms with Crippen molar-refractivity contribution in [3.05, 3.63) is 35.2 Å². The van der Waals surface area contributed by atoms with Crippen molar-refractivity contribution in [2.24, 2.45) is 5.92 Å². The standard InChI is InChI=1S/C23H31N5O2S/c1-17(2)14-20(22(30)25-7-6-24)18-4-3-5-19(15-18)21-16-31-23(26-21)28-10-8-27(9-11-28)12-13-29/h3-5,15-17,20,29H,7-14H2,1-2H3,(H,25,30). The number of hydrogen-bond acceptors (Lipinski definition) is 7. The molecule has 0 aliphatic carbocycles. The van der Waals surface area contributed by atoms with E-state index in [0.717, 1.165) is 61.1 Å². The number of carbonyl (C=O) groups is 1. The molecule has 1 amide bonds. The van der Waals surface area contributed by atoms with Crippen LogP contribution in [0, 0.1) is 17.2 Å². The van der Waals surface area contributed by atoms with Gasteiger partial charge in [0.2, 0.25) is 5.91 Å². The van der Waals surface area contributed by atoms with Crippen LogP contribution in [0.25, 0.3) is 11.3 Å². The van der Waals surface area contributed by atoms with E-state index in [1.807, 2.05) is 24.3 Å². The van der Waals surface area contributed by atoms with Gasteiger partial charge in [0.05, 0.1) is 24.3 Å². The van der Waals surface area contributed by atoms with E-state index in [0.29, 0.717) is 5.92 Å². The monoisotopic (exact) mass is 441 g/mol. The lowest BCUT2D eigenvalue weighted by molar-refractivity contribution is -0.122. The summed E-state index contributed by atoms with van der Waals surface area (Å²) in [5.41, 5.74) is 2.87. The van der Waals surface area contributed by atoms with E-state index in [1.54, 1.807) is 11.3 Å². The summed E-state index contributed by atoms with van der Waals surface area (Å²) in [5, 5.41) is 23.7. The second-order valence-electron chi connectivity index (χ2n) is 8.25. The Morgan fingerprint density at radius 3 is 2.77 bits per heavy atom. The number of nitriles is 1. The molecule has 7 nitrogen and oxygen atoms in total. The highest BCUT2D eigenvalue weighted by Gasteiger charge is 2.23. The summed E-state index contributed by atoms with van der Waals surface area (Å²) in [6.45, 7) is 8.81. The summed E-state index contributed by atoms with van der Waals surface area (Å²) in [5.74, 6) is -0.0324. The molecular weight excluding hydrogens is 410 g/mol. The molecule has 1 fully saturated rings. The Kier molecular flexibility index (Phi) is 8.41. The Morgan fingerprint density at radius 1 is 1.32 bits per heavy atom. The van der Waals surface area contributed by atoms with Gasteiger partial charge in [-0.25, -0.2) is 4.98 Å². The molecule has 0 spiro atoms. The molecule has 2 N–H and O–H groups in total. The molecule has 1 aromatic carbocycles. The van der Waals surface area contributed by atoms with E-state index in [4.69, 9.17) is 15.4 Å². The van der Waals surface area contributed by atoms with Gasteiger partial charge in [0.1, 0.15) is 6.54 Å². The average Bonchev–Trinajstić information content (AvgIpc) is 3.27. The highest BCUT2D eigenvalue weighted by molar-refractivity contribution is 7.14. The van der Waals surface area contributed by atoms with Crippen molar-refractivity contribution in [2.75, 3.05) is 50.8 Å². The summed E-state index contributed by atoms with van der Waals surface area (Å²) < 4.78 is 0. The highest BCUT2D eigenvalue weighted by Crippen LogP contribution is 2.31. The minimum absolute atomic E-state index is 0.0220. The number of nitrogens with zero attached hydrogens (tertiary/aromatic N) is 4. The van der Waals surface area contributed by atoms with Crippen molar-refractivity contribution >= 4 is 22.4 Å². The van der Waals surface area contributed by atoms with Crippen LogP contribution >= 0.6 is 11.3 Å². The maximum atomic E-state index is 12.7. The predicted octanol–water partition coefficient (Wildman–Crippen LogP) is 2.69. The summed E-state index contributed by atoms with van der Waals surface area (Å²) >= 11 is 1.64. The summed E-state index contributed by atoms with van der Waals surface area (Å²) in [7, 11) is 0. The first kappa shape index (κ1) is 23.2. The molecule has 1 aliphatic heterocycles. The first-order valence-corrected chi connectivity index (χ1v) is 11.7. The number of anilines is 1. The van der Waals surface area contributed by atoms with Gasteiger partial charge in [0.25, 0.3) is 0 Å². The number of rotatable bonds is 9. The number of aromatic nitrogens is 1. The van der Waals surface area contributed by atoms with Gasteiger partial charge in [0, 0.05) is 43.7 Å². The summed E-state index contributed by atoms with van der Waals surface area (Å²) in [6.07, 6.45) is 0.723. The Hall–Kier alpha value is -2.47. The lowest BCUT2D eigenvalue weighted by Crippen LogP contribution is -2.47. The SMILES string of the molecule is CC(C)CC(C(=O)NCC#N)c1cccc(-c2csc(N3CCN(CCO)CC3)n2)c1. The summed E-state index contributed by atoms with van der Waals surface area (Å²) in [4.78, 5) is 22.1. The normalized spacial score (nSPS) is 15.6. The zero-order valence-electron chi connectivity index (χ0n) is 18.3. The fraction of sp³-hybridized carbons (Fsp3) is 0.522. The van der Waals surface area contributed by atoms with Crippen LogP contribution in [0.1, 0.15) is 31.7 Å². The van der Waals surface area contributed by atoms with Gasteiger partial charge in [0.15, 0.2) is 5.13 Å². The maximum Gasteiger partial charge on any atom is 0.228 e. The van der Waals surface area contributed by atoms with E-state index in [1.165, 1.54) is 0 Å². The van der Waals surface area contributed by atoms with E-state index in [2.05, 4.69) is 40.4 Å². The molecule has 2 heterocycles. The Balaban J connectivity index is 1.75. The number of hydrogen-bond donors (Lipinski definition) is 2. The van der Waals surface area contributed by atoms with Crippen LogP contribution in [0.15, 0.2) is 29.6 Å². The molecule has 0 bridgehead atoms. The average molecular weight is 442 g/mol. The van der Waals surface area contributed by atoms with Crippen LogP contribution in [-0.4, -0.2) is 66.8 Å². The third-order valence-electron chi connectivity index (χ3n) is 5.50. The van der Waals surface area contributed by atoms with E-state index >= 15 is 0 Å². The lowest BCUT2D eigenvalue weighted by atomic mass is 9.88. The van der Waals surface area contributed by atoms with Gasteiger partial charge in [-0.3, -0.25) is 9.69 Å². The molecule has 1 aromatic heterocycles. The van der Waals surface area contributed by atoms with Crippen molar-refractivity contribution < 1.29 is 9.90 Å². The number of aliphatic hydroxyl groups is 1. The Morgan fingerprint density at radius 2 is 2.10 bits per heavy atom. The van der Waals surface area contributed by atoms with Crippen molar-refractivity contribution in [1.29, 1.82) is 5.26 Å². The molecule has 2 aromatic rings. The predicted molar refractivity (Wildman–Crippen MR) is 124 cm³/mol. The number of aliphatic hydroxyl groups excluding tert-OH is 1. The first-order valence-electron chi connectivity index (χ1n) is 10.8. The molecule has 3 rings (SSSR count). The van der Waals surface area contributed by atoms with Crippen molar-refractivity contribution in [1.82, 2.24) is 15.2 Å². The minimum Gasteiger partial charge on any atom is -0.395 e. The molecule has 166 valence electrons. The van der Waals surface area contributed by atoms with Gasteiger partial charge < -0.3 is 15.3 Å². The largest absolute Gasteiger partial charge is 0.395 e. The van der Waals surface area contributed by atoms with Gasteiger partial charge in [-0.05, 0) is 24.0 Å². The van der Waals surface area contributed by atoms with Crippen LogP contribution in [0.5, 0.6) is 0 Å². The molecule has 1 aliphatic rings. The number of nitrogens with one attached hydrogen (secondary N) is 1. The van der Waals surface area contributed by atoms with E-state index < -0.39 is 0 Å². The first-order chi connectivity index (χ1) is 15.0. The topological polar surface area (TPSA) is 92.5 Å². The number of benzene rings is 1. The number of amides is 1. The smallest absolute Gasteiger partial charge is 0.228 e. The Bertz CT molecular complexity index is 899. The fourth-order valence-electron chi connectivity index (χ4n) is 3.88. The maximum absolute atomic E-state index is 12.7. The highest BCUT2D eigenvalue weighted by atomic mass is 32.1. The van der Waals surface area contributed by atoms with Crippen LogP contribution in [0.4, 0.5) is 5.13 Å². The van der Waals surface area contributed by atoms with Gasteiger partial charge in [-0.1, -0.05) is 32.0 Å². The zero-order chi connectivity index (χ0) is 22.2. The zero-order valence-corrected chi connectivity index (χ0v) is 19.1. The van der Waals surface area contributed by atoms with Gasteiger partial charge >= 0.3 is 0 Å². The summed E-state index contributed by atoms with van der Waals surface area (Å²) in [6, 6.07) is 10.0. The number of carbonyl (C=O) groups excluding carboxylic acids is 1. The molecule has 0 radical (unpaired) electrons. The van der Waals surface area contributed by atoms with Crippen LogP contribution < -0.4 is 10.2 Å². The van der Waals surface area contributed by atoms with E-state index in [-0.39, 0.29) is 25.0 Å². The van der Waals surface area contributed by atoms with Crippen LogP contribution in [-0.2, 0) is 4.79 Å². The van der Waals surface area contributed by atoms with Crippen LogP contribution in [0.2, 0.25) is 0 Å². The molecule has 1 atom stereocenters. The number of β-amino-alcohol motifs (C(OH)–C–C–N with tert-alkyl or cyclic N) is 1. The molecule has 1 unspecified atom stereocenters. The number of piperazine rings is 1. The fourth-order valence-corrected chi connectivity index (χ4v) is 4.77. The third-order valence-corrected chi connectivity index (χ3v) is 6.40. The van der Waals surface area contributed by atoms with Crippen molar-refractivity contribution in [3.63, 3.8) is 0 Å². The molecule has 0 saturated carbocycles. The molecular formula is C23H31N5O2S. The van der Waals surface area contributed by atoms with Gasteiger partial charge in [-0.15, -0.1) is 11.3 Å². The minimum atomic E-state index is -0.286. The van der Waals surface area contributed by atoms with Crippen molar-refractivity contribution in [2.45, 2.75) is 26.2 Å². The van der Waals surface area contributed by atoms with E-state index in [9.17, 15) is 4.79 Å². The quantitative estimate of drug-likeness (QED) is 0.581. The van der Waals surface area contributed by atoms with Crippen molar-refractivity contribution in [3.8, 4) is 17.3 Å². The second kappa shape index (κ2) is 11.2. The molecule has 31 heavy (non-hydrogen) atoms. The molecule has 8 heteroatoms. The second-order valence-corrected chi connectivity index (χ2v) is 9.09. The van der Waals surface area contributed by atoms with Crippen LogP contribution in [0.3, 0.4) is 0 Å². The number of thiazole rings is 1. The third kappa shape index (κ3) is 6.26. The lowest BCUT2D eigenvalue weighted by Gasteiger charge is -2.34.